The molecular weight excluding hydrogens is 228 g/mol. The molecule has 0 spiro atoms. The second-order valence-corrected chi connectivity index (χ2v) is 5.05. The molecule has 2 aromatic rings. The average Bonchev–Trinajstić information content (AvgIpc) is 2.96. The lowest BCUT2D eigenvalue weighted by Crippen LogP contribution is -2.36. The van der Waals surface area contributed by atoms with Crippen molar-refractivity contribution in [1.82, 2.24) is 19.9 Å². The van der Waals surface area contributed by atoms with Crippen LogP contribution in [0.3, 0.4) is 0 Å². The van der Waals surface area contributed by atoms with Crippen molar-refractivity contribution in [3.05, 3.63) is 36.1 Å². The first-order valence-electron chi connectivity index (χ1n) is 6.09. The molecule has 1 unspecified atom stereocenters. The second kappa shape index (κ2) is 4.57. The molecule has 18 heavy (non-hydrogen) atoms. The number of hydrogen-bond acceptors (Lipinski definition) is 4. The highest BCUT2D eigenvalue weighted by molar-refractivity contribution is 5.14. The first kappa shape index (κ1) is 12.8. The minimum absolute atomic E-state index is 0.0313. The van der Waals surface area contributed by atoms with Crippen LogP contribution in [0, 0.1) is 6.92 Å². The Kier molecular flexibility index (Phi) is 3.26. The largest absolute Gasteiger partial charge is 0.444 e. The molecule has 1 N–H and O–H groups in total. The lowest BCUT2D eigenvalue weighted by atomic mass is 10.0. The lowest BCUT2D eigenvalue weighted by Gasteiger charge is -2.27. The van der Waals surface area contributed by atoms with Crippen LogP contribution in [-0.4, -0.2) is 21.6 Å². The van der Waals surface area contributed by atoms with E-state index in [4.69, 9.17) is 4.42 Å². The molecule has 1 atom stereocenters. The number of nitrogens with zero attached hydrogens (tertiary/aromatic N) is 3. The predicted molar refractivity (Wildman–Crippen MR) is 69.4 cm³/mol. The Labute approximate surface area is 107 Å². The first-order chi connectivity index (χ1) is 8.45. The first-order valence-corrected chi connectivity index (χ1v) is 6.09. The Balaban J connectivity index is 2.38. The fourth-order valence-corrected chi connectivity index (χ4v) is 1.91. The van der Waals surface area contributed by atoms with E-state index in [1.807, 2.05) is 26.5 Å². The zero-order valence-corrected chi connectivity index (χ0v) is 11.6. The number of rotatable bonds is 4. The van der Waals surface area contributed by atoms with Gasteiger partial charge in [-0.25, -0.2) is 9.97 Å². The third kappa shape index (κ3) is 2.18. The van der Waals surface area contributed by atoms with Gasteiger partial charge in [0.05, 0.1) is 30.0 Å². The van der Waals surface area contributed by atoms with Gasteiger partial charge < -0.3 is 14.3 Å². The van der Waals surface area contributed by atoms with Crippen molar-refractivity contribution >= 4 is 0 Å². The maximum atomic E-state index is 5.59. The molecule has 2 heterocycles. The summed E-state index contributed by atoms with van der Waals surface area (Å²) in [5, 5.41) is 3.28. The van der Waals surface area contributed by atoms with E-state index < -0.39 is 0 Å². The van der Waals surface area contributed by atoms with Crippen molar-refractivity contribution < 1.29 is 4.42 Å². The molecule has 5 heteroatoms. The molecule has 0 aliphatic rings. The highest BCUT2D eigenvalue weighted by atomic mass is 16.4. The number of aryl methyl sites for hydroxylation is 1. The highest BCUT2D eigenvalue weighted by Gasteiger charge is 2.25. The predicted octanol–water partition coefficient (Wildman–Crippen LogP) is 2.24. The van der Waals surface area contributed by atoms with Crippen LogP contribution in [0.25, 0.3) is 0 Å². The maximum absolute atomic E-state index is 5.59. The van der Waals surface area contributed by atoms with Gasteiger partial charge in [0.2, 0.25) is 5.89 Å². The Morgan fingerprint density at radius 2 is 2.11 bits per heavy atom. The normalized spacial score (nSPS) is 13.8. The number of aromatic nitrogens is 3. The van der Waals surface area contributed by atoms with Gasteiger partial charge in [-0.3, -0.25) is 0 Å². The zero-order valence-electron chi connectivity index (χ0n) is 11.6. The number of imidazole rings is 1. The molecule has 5 nitrogen and oxygen atoms in total. The van der Waals surface area contributed by atoms with Crippen LogP contribution in [0.1, 0.15) is 44.2 Å². The average molecular weight is 248 g/mol. The van der Waals surface area contributed by atoms with Gasteiger partial charge in [0.1, 0.15) is 11.8 Å². The third-order valence-electron chi connectivity index (χ3n) is 3.35. The van der Waals surface area contributed by atoms with Crippen LogP contribution < -0.4 is 5.32 Å². The van der Waals surface area contributed by atoms with E-state index in [0.29, 0.717) is 5.89 Å². The maximum Gasteiger partial charge on any atom is 0.217 e. The van der Waals surface area contributed by atoms with E-state index in [1.54, 1.807) is 6.20 Å². The topological polar surface area (TPSA) is 55.9 Å². The summed E-state index contributed by atoms with van der Waals surface area (Å²) in [4.78, 5) is 8.53. The smallest absolute Gasteiger partial charge is 0.217 e. The van der Waals surface area contributed by atoms with Crippen LogP contribution in [0.2, 0.25) is 0 Å². The van der Waals surface area contributed by atoms with Gasteiger partial charge in [-0.05, 0) is 34.7 Å². The van der Waals surface area contributed by atoms with Gasteiger partial charge >= 0.3 is 0 Å². The van der Waals surface area contributed by atoms with Crippen molar-refractivity contribution in [3.63, 3.8) is 0 Å². The van der Waals surface area contributed by atoms with Crippen molar-refractivity contribution in [2.75, 3.05) is 7.05 Å². The summed E-state index contributed by atoms with van der Waals surface area (Å²) in [6.45, 7) is 8.19. The highest BCUT2D eigenvalue weighted by Crippen LogP contribution is 2.25. The second-order valence-electron chi connectivity index (χ2n) is 5.05. The summed E-state index contributed by atoms with van der Waals surface area (Å²) in [5.41, 5.74) is 0.959. The van der Waals surface area contributed by atoms with Gasteiger partial charge in [-0.1, -0.05) is 0 Å². The Morgan fingerprint density at radius 3 is 2.67 bits per heavy atom. The molecule has 0 radical (unpaired) electrons. The van der Waals surface area contributed by atoms with Crippen molar-refractivity contribution in [3.8, 4) is 0 Å². The van der Waals surface area contributed by atoms with Gasteiger partial charge in [0.25, 0.3) is 0 Å². The molecule has 0 bridgehead atoms. The van der Waals surface area contributed by atoms with Crippen LogP contribution in [0.15, 0.2) is 23.1 Å². The standard InChI is InChI=1S/C13H20N4O/c1-9-6-16-12(18-9)10(2)17-8-15-7-11(17)13(3,4)14-5/h6-8,10,14H,1-5H3. The van der Waals surface area contributed by atoms with E-state index in [-0.39, 0.29) is 11.6 Å². The van der Waals surface area contributed by atoms with E-state index in [1.165, 1.54) is 0 Å². The molecule has 0 fully saturated rings. The molecule has 0 saturated heterocycles. The van der Waals surface area contributed by atoms with E-state index in [9.17, 15) is 0 Å². The molecule has 98 valence electrons. The fourth-order valence-electron chi connectivity index (χ4n) is 1.91. The van der Waals surface area contributed by atoms with E-state index in [2.05, 4.69) is 40.6 Å². The molecule has 0 aromatic carbocycles. The third-order valence-corrected chi connectivity index (χ3v) is 3.35. The monoisotopic (exact) mass is 248 g/mol. The molecular formula is C13H20N4O. The van der Waals surface area contributed by atoms with Crippen LogP contribution in [0.5, 0.6) is 0 Å². The number of nitrogens with one attached hydrogen (secondary N) is 1. The molecule has 0 amide bonds. The van der Waals surface area contributed by atoms with Gasteiger partial charge in [0, 0.05) is 0 Å². The summed E-state index contributed by atoms with van der Waals surface area (Å²) >= 11 is 0. The van der Waals surface area contributed by atoms with Gasteiger partial charge in [-0.2, -0.15) is 0 Å². The summed E-state index contributed by atoms with van der Waals surface area (Å²) in [6.07, 6.45) is 5.44. The molecule has 2 rings (SSSR count). The van der Waals surface area contributed by atoms with Crippen molar-refractivity contribution in [1.29, 1.82) is 0 Å². The quantitative estimate of drug-likeness (QED) is 0.901. The van der Waals surface area contributed by atoms with Crippen molar-refractivity contribution in [2.24, 2.45) is 0 Å². The molecule has 2 aromatic heterocycles. The van der Waals surface area contributed by atoms with Crippen LogP contribution in [-0.2, 0) is 5.54 Å². The van der Waals surface area contributed by atoms with Gasteiger partial charge in [-0.15, -0.1) is 0 Å². The summed E-state index contributed by atoms with van der Waals surface area (Å²) in [7, 11) is 1.94. The summed E-state index contributed by atoms with van der Waals surface area (Å²) in [5.74, 6) is 1.53. The van der Waals surface area contributed by atoms with Crippen LogP contribution >= 0.6 is 0 Å². The Hall–Kier alpha value is -1.62. The minimum Gasteiger partial charge on any atom is -0.444 e. The fraction of sp³-hybridized carbons (Fsp3) is 0.538. The SMILES string of the molecule is CNC(C)(C)c1cncn1C(C)c1ncc(C)o1. The molecule has 0 saturated carbocycles. The Bertz CT molecular complexity index is 527. The Morgan fingerprint density at radius 1 is 1.39 bits per heavy atom. The molecule has 0 aliphatic carbocycles. The van der Waals surface area contributed by atoms with E-state index >= 15 is 0 Å². The van der Waals surface area contributed by atoms with E-state index in [0.717, 1.165) is 11.5 Å². The zero-order chi connectivity index (χ0) is 13.3. The van der Waals surface area contributed by atoms with Crippen LogP contribution in [0.4, 0.5) is 0 Å². The minimum atomic E-state index is -0.146. The van der Waals surface area contributed by atoms with Gasteiger partial charge in [0.15, 0.2) is 0 Å². The van der Waals surface area contributed by atoms with Crippen molar-refractivity contribution in [2.45, 2.75) is 39.3 Å². The molecule has 0 aliphatic heterocycles. The summed E-state index contributed by atoms with van der Waals surface area (Å²) in [6, 6.07) is 0.0313. The lowest BCUT2D eigenvalue weighted by molar-refractivity contribution is 0.369. The summed E-state index contributed by atoms with van der Waals surface area (Å²) < 4.78 is 7.68. The number of hydrogen-bond donors (Lipinski definition) is 1. The number of oxazole rings is 1.